The van der Waals surface area contributed by atoms with Crippen molar-refractivity contribution in [1.82, 2.24) is 14.9 Å². The van der Waals surface area contributed by atoms with Gasteiger partial charge >= 0.3 is 6.09 Å². The van der Waals surface area contributed by atoms with Crippen molar-refractivity contribution in [2.45, 2.75) is 64.6 Å². The summed E-state index contributed by atoms with van der Waals surface area (Å²) in [5.74, 6) is 0.487. The summed E-state index contributed by atoms with van der Waals surface area (Å²) in [5, 5.41) is 0. The second kappa shape index (κ2) is 7.07. The Morgan fingerprint density at radius 1 is 1.44 bits per heavy atom. The predicted molar refractivity (Wildman–Crippen MR) is 102 cm³/mol. The van der Waals surface area contributed by atoms with E-state index in [1.54, 1.807) is 4.90 Å². The van der Waals surface area contributed by atoms with Crippen LogP contribution in [0.1, 0.15) is 52.3 Å². The average molecular weight is 428 g/mol. The highest BCUT2D eigenvalue weighted by atomic mass is 79.9. The van der Waals surface area contributed by atoms with Crippen LogP contribution >= 0.6 is 27.3 Å². The van der Waals surface area contributed by atoms with Gasteiger partial charge in [0.1, 0.15) is 16.1 Å². The molecule has 6 nitrogen and oxygen atoms in total. The van der Waals surface area contributed by atoms with Crippen molar-refractivity contribution in [2.24, 2.45) is 0 Å². The highest BCUT2D eigenvalue weighted by Gasteiger charge is 2.31. The summed E-state index contributed by atoms with van der Waals surface area (Å²) < 4.78 is 7.01. The molecule has 0 unspecified atom stereocenters. The van der Waals surface area contributed by atoms with Crippen LogP contribution in [0.2, 0.25) is 0 Å². The second-order valence-electron chi connectivity index (χ2n) is 7.32. The molecule has 2 aromatic rings. The quantitative estimate of drug-likeness (QED) is 0.785. The maximum Gasteiger partial charge on any atom is 0.410 e. The van der Waals surface area contributed by atoms with Crippen molar-refractivity contribution in [3.63, 3.8) is 0 Å². The highest BCUT2D eigenvalue weighted by Crippen LogP contribution is 2.28. The molecule has 0 saturated heterocycles. The lowest BCUT2D eigenvalue weighted by Crippen LogP contribution is -2.42. The van der Waals surface area contributed by atoms with Crippen LogP contribution in [0, 0.1) is 0 Å². The molecule has 0 spiro atoms. The molecule has 2 aromatic heterocycles. The standard InChI is InChI=1S/C17H22BrN3O3S/c1-17(2,3)24-16(23)21(10-6-4-5-7-10)9-13-19-11-8-12(18)25-14(11)15(22)20-13/h8,10H,4-7,9H2,1-3H3,(H,19,20,22). The summed E-state index contributed by atoms with van der Waals surface area (Å²) in [6.07, 6.45) is 3.76. The third-order valence-electron chi connectivity index (χ3n) is 4.12. The van der Waals surface area contributed by atoms with Gasteiger partial charge in [-0.15, -0.1) is 11.3 Å². The van der Waals surface area contributed by atoms with E-state index in [0.717, 1.165) is 29.5 Å². The molecular weight excluding hydrogens is 406 g/mol. The molecule has 0 atom stereocenters. The molecule has 136 valence electrons. The van der Waals surface area contributed by atoms with Crippen molar-refractivity contribution < 1.29 is 9.53 Å². The zero-order valence-corrected chi connectivity index (χ0v) is 17.0. The number of thiophene rings is 1. The number of hydrogen-bond donors (Lipinski definition) is 1. The Morgan fingerprint density at radius 2 is 2.12 bits per heavy atom. The molecule has 8 heteroatoms. The van der Waals surface area contributed by atoms with E-state index < -0.39 is 5.60 Å². The molecule has 0 bridgehead atoms. The maximum absolute atomic E-state index is 12.7. The van der Waals surface area contributed by atoms with Gasteiger partial charge in [0.15, 0.2) is 0 Å². The van der Waals surface area contributed by atoms with Gasteiger partial charge < -0.3 is 9.72 Å². The highest BCUT2D eigenvalue weighted by molar-refractivity contribution is 9.11. The van der Waals surface area contributed by atoms with Gasteiger partial charge in [0.25, 0.3) is 5.56 Å². The number of hydrogen-bond acceptors (Lipinski definition) is 5. The van der Waals surface area contributed by atoms with Crippen molar-refractivity contribution >= 4 is 43.6 Å². The number of carbonyl (C=O) groups is 1. The third-order valence-corrected chi connectivity index (χ3v) is 5.74. The molecule has 2 heterocycles. The fourth-order valence-corrected chi connectivity index (χ4v) is 4.50. The molecule has 1 fully saturated rings. The Hall–Kier alpha value is -1.41. The minimum atomic E-state index is -0.559. The van der Waals surface area contributed by atoms with Gasteiger partial charge in [0.2, 0.25) is 0 Å². The summed E-state index contributed by atoms with van der Waals surface area (Å²) in [6.45, 7) is 5.81. The summed E-state index contributed by atoms with van der Waals surface area (Å²) in [4.78, 5) is 34.0. The molecule has 1 saturated carbocycles. The number of nitrogens with zero attached hydrogens (tertiary/aromatic N) is 2. The molecule has 0 radical (unpaired) electrons. The molecule has 0 aromatic carbocycles. The van der Waals surface area contributed by atoms with E-state index >= 15 is 0 Å². The van der Waals surface area contributed by atoms with E-state index in [-0.39, 0.29) is 24.2 Å². The number of H-pyrrole nitrogens is 1. The Balaban J connectivity index is 1.89. The summed E-state index contributed by atoms with van der Waals surface area (Å²) in [7, 11) is 0. The Kier molecular flexibility index (Phi) is 5.20. The molecule has 1 amide bonds. The normalized spacial score (nSPS) is 15.7. The van der Waals surface area contributed by atoms with Crippen molar-refractivity contribution in [3.8, 4) is 0 Å². The lowest BCUT2D eigenvalue weighted by molar-refractivity contribution is 0.0139. The minimum Gasteiger partial charge on any atom is -0.444 e. The first-order valence-electron chi connectivity index (χ1n) is 8.41. The number of carbonyl (C=O) groups excluding carboxylic acids is 1. The number of amides is 1. The monoisotopic (exact) mass is 427 g/mol. The smallest absolute Gasteiger partial charge is 0.410 e. The number of halogens is 1. The van der Waals surface area contributed by atoms with Gasteiger partial charge in [-0.2, -0.15) is 0 Å². The van der Waals surface area contributed by atoms with Crippen LogP contribution < -0.4 is 5.56 Å². The third kappa shape index (κ3) is 4.41. The number of rotatable bonds is 3. The second-order valence-corrected chi connectivity index (χ2v) is 9.76. The van der Waals surface area contributed by atoms with E-state index in [4.69, 9.17) is 4.74 Å². The maximum atomic E-state index is 12.7. The summed E-state index contributed by atoms with van der Waals surface area (Å²) in [5.41, 5.74) is -0.0887. The van der Waals surface area contributed by atoms with Gasteiger partial charge in [-0.1, -0.05) is 12.8 Å². The number of nitrogens with one attached hydrogen (secondary N) is 1. The van der Waals surface area contributed by atoms with E-state index in [2.05, 4.69) is 25.9 Å². The Morgan fingerprint density at radius 3 is 2.76 bits per heavy atom. The fourth-order valence-electron chi connectivity index (χ4n) is 3.07. The summed E-state index contributed by atoms with van der Waals surface area (Å²) >= 11 is 4.74. The van der Waals surface area contributed by atoms with E-state index in [1.165, 1.54) is 11.3 Å². The van der Waals surface area contributed by atoms with Crippen molar-refractivity contribution in [2.75, 3.05) is 0 Å². The van der Waals surface area contributed by atoms with Crippen LogP contribution in [-0.2, 0) is 11.3 Å². The zero-order chi connectivity index (χ0) is 18.2. The van der Waals surface area contributed by atoms with Gasteiger partial charge in [0.05, 0.1) is 15.8 Å². The van der Waals surface area contributed by atoms with E-state index in [9.17, 15) is 9.59 Å². The number of fused-ring (bicyclic) bond motifs is 1. The van der Waals surface area contributed by atoms with Crippen LogP contribution in [0.15, 0.2) is 14.6 Å². The molecule has 3 rings (SSSR count). The van der Waals surface area contributed by atoms with Crippen LogP contribution in [0.3, 0.4) is 0 Å². The van der Waals surface area contributed by atoms with Gasteiger partial charge in [-0.05, 0) is 55.6 Å². The molecular formula is C17H22BrN3O3S. The fraction of sp³-hybridized carbons (Fsp3) is 0.588. The zero-order valence-electron chi connectivity index (χ0n) is 14.6. The summed E-state index contributed by atoms with van der Waals surface area (Å²) in [6, 6.07) is 1.96. The first-order chi connectivity index (χ1) is 11.7. The average Bonchev–Trinajstić information content (AvgIpc) is 3.11. The van der Waals surface area contributed by atoms with Crippen LogP contribution in [-0.4, -0.2) is 32.6 Å². The van der Waals surface area contributed by atoms with E-state index in [0.29, 0.717) is 16.0 Å². The Labute approximate surface area is 158 Å². The van der Waals surface area contributed by atoms with Crippen LogP contribution in [0.5, 0.6) is 0 Å². The van der Waals surface area contributed by atoms with Gasteiger partial charge in [-0.3, -0.25) is 9.69 Å². The SMILES string of the molecule is CC(C)(C)OC(=O)N(Cc1nc2cc(Br)sc2c(=O)[nH]1)C1CCCC1. The van der Waals surface area contributed by atoms with Gasteiger partial charge in [-0.25, -0.2) is 9.78 Å². The van der Waals surface area contributed by atoms with Crippen molar-refractivity contribution in [1.29, 1.82) is 0 Å². The molecule has 0 aliphatic heterocycles. The number of aromatic nitrogens is 2. The minimum absolute atomic E-state index is 0.130. The number of aromatic amines is 1. The van der Waals surface area contributed by atoms with Crippen LogP contribution in [0.4, 0.5) is 4.79 Å². The first kappa shape index (κ1) is 18.4. The Bertz CT molecular complexity index is 834. The molecule has 25 heavy (non-hydrogen) atoms. The van der Waals surface area contributed by atoms with Crippen molar-refractivity contribution in [3.05, 3.63) is 26.0 Å². The van der Waals surface area contributed by atoms with E-state index in [1.807, 2.05) is 26.8 Å². The lowest BCUT2D eigenvalue weighted by Gasteiger charge is -2.31. The lowest BCUT2D eigenvalue weighted by atomic mass is 10.2. The largest absolute Gasteiger partial charge is 0.444 e. The predicted octanol–water partition coefficient (Wildman–Crippen LogP) is 4.43. The first-order valence-corrected chi connectivity index (χ1v) is 10.0. The molecule has 1 aliphatic rings. The number of ether oxygens (including phenoxy) is 1. The molecule has 1 N–H and O–H groups in total. The molecule has 1 aliphatic carbocycles. The topological polar surface area (TPSA) is 75.3 Å². The van der Waals surface area contributed by atoms with Gasteiger partial charge in [0, 0.05) is 6.04 Å². The van der Waals surface area contributed by atoms with Crippen LogP contribution in [0.25, 0.3) is 10.2 Å².